The van der Waals surface area contributed by atoms with E-state index in [0.29, 0.717) is 25.9 Å². The quantitative estimate of drug-likeness (QED) is 0.674. The van der Waals surface area contributed by atoms with Gasteiger partial charge in [-0.15, -0.1) is 0 Å². The number of ether oxygens (including phenoxy) is 1. The Hall–Kier alpha value is -1.28. The number of likely N-dealkylation sites (tertiary alicyclic amines) is 1. The Bertz CT molecular complexity index is 615. The summed E-state index contributed by atoms with van der Waals surface area (Å²) < 4.78 is 33.1. The second kappa shape index (κ2) is 9.60. The maximum absolute atomic E-state index is 14.1. The van der Waals surface area contributed by atoms with E-state index in [4.69, 9.17) is 4.74 Å². The molecule has 0 aliphatic carbocycles. The Morgan fingerprint density at radius 2 is 1.88 bits per heavy atom. The van der Waals surface area contributed by atoms with Crippen molar-refractivity contribution in [3.63, 3.8) is 0 Å². The van der Waals surface area contributed by atoms with Crippen molar-refractivity contribution >= 4 is 22.0 Å². The lowest BCUT2D eigenvalue weighted by molar-refractivity contribution is 0.00666. The summed E-state index contributed by atoms with van der Waals surface area (Å²) in [5.41, 5.74) is -0.962. The van der Waals surface area contributed by atoms with E-state index in [2.05, 4.69) is 20.9 Å². The molecule has 1 atom stereocenters. The van der Waals surface area contributed by atoms with E-state index in [1.165, 1.54) is 0 Å². The van der Waals surface area contributed by atoms with E-state index in [0.717, 1.165) is 6.20 Å². The van der Waals surface area contributed by atoms with Crippen molar-refractivity contribution in [1.82, 2.24) is 9.88 Å². The third-order valence-electron chi connectivity index (χ3n) is 3.90. The fraction of sp³-hybridized carbons (Fsp3) is 0.667. The minimum absolute atomic E-state index is 0.135. The van der Waals surface area contributed by atoms with Crippen molar-refractivity contribution in [1.29, 1.82) is 0 Å². The molecular weight excluding hydrogens is 410 g/mol. The molecule has 1 aromatic heterocycles. The van der Waals surface area contributed by atoms with Crippen LogP contribution < -0.4 is 0 Å². The summed E-state index contributed by atoms with van der Waals surface area (Å²) >= 11 is 2.90. The summed E-state index contributed by atoms with van der Waals surface area (Å²) in [6, 6.07) is 0. The maximum Gasteiger partial charge on any atom is 0.410 e. The molecule has 2 heterocycles. The van der Waals surface area contributed by atoms with Crippen LogP contribution in [0.4, 0.5) is 13.6 Å². The average Bonchev–Trinajstić information content (AvgIpc) is 2.59. The number of piperidine rings is 1. The first-order valence-corrected chi connectivity index (χ1v) is 9.55. The molecular formula is C18H27BrF2N2O3. The first-order chi connectivity index (χ1) is 12.1. The number of halogens is 3. The molecule has 1 N–H and O–H groups in total. The third kappa shape index (κ3) is 5.87. The number of hydrogen-bond acceptors (Lipinski definition) is 4. The highest BCUT2D eigenvalue weighted by Gasteiger charge is 2.33. The molecule has 8 heteroatoms. The van der Waals surface area contributed by atoms with E-state index in [1.807, 2.05) is 13.8 Å². The Labute approximate surface area is 161 Å². The molecule has 1 unspecified atom stereocenters. The Morgan fingerprint density at radius 1 is 1.35 bits per heavy atom. The van der Waals surface area contributed by atoms with Crippen LogP contribution in [0.25, 0.3) is 0 Å². The summed E-state index contributed by atoms with van der Waals surface area (Å²) in [6.45, 7) is 10.1. The van der Waals surface area contributed by atoms with Crippen molar-refractivity contribution in [2.75, 3.05) is 13.1 Å². The number of carbonyl (C=O) groups is 1. The summed E-state index contributed by atoms with van der Waals surface area (Å²) in [7, 11) is 0. The first kappa shape index (κ1) is 22.8. The molecule has 1 aliphatic heterocycles. The molecule has 0 bridgehead atoms. The van der Waals surface area contributed by atoms with E-state index < -0.39 is 29.4 Å². The Balaban J connectivity index is 0.00000163. The summed E-state index contributed by atoms with van der Waals surface area (Å²) in [5, 5.41) is 10.4. The van der Waals surface area contributed by atoms with Gasteiger partial charge in [0.15, 0.2) is 5.82 Å². The van der Waals surface area contributed by atoms with E-state index in [1.54, 1.807) is 25.7 Å². The number of amides is 1. The number of aromatic nitrogens is 1. The minimum atomic E-state index is -1.29. The van der Waals surface area contributed by atoms with Crippen LogP contribution >= 0.6 is 15.9 Å². The third-order valence-corrected chi connectivity index (χ3v) is 4.45. The summed E-state index contributed by atoms with van der Waals surface area (Å²) in [4.78, 5) is 17.1. The minimum Gasteiger partial charge on any atom is -0.444 e. The van der Waals surface area contributed by atoms with Crippen LogP contribution in [0.15, 0.2) is 10.8 Å². The molecule has 26 heavy (non-hydrogen) atoms. The van der Waals surface area contributed by atoms with Gasteiger partial charge in [-0.25, -0.2) is 18.6 Å². The van der Waals surface area contributed by atoms with Crippen LogP contribution in [0.5, 0.6) is 0 Å². The molecule has 2 rings (SSSR count). The predicted molar refractivity (Wildman–Crippen MR) is 98.7 cm³/mol. The van der Waals surface area contributed by atoms with Gasteiger partial charge in [-0.2, -0.15) is 0 Å². The van der Waals surface area contributed by atoms with Crippen molar-refractivity contribution in [3.8, 4) is 0 Å². The molecule has 1 aliphatic rings. The van der Waals surface area contributed by atoms with Crippen LogP contribution in [0.1, 0.15) is 59.1 Å². The molecule has 1 saturated heterocycles. The Morgan fingerprint density at radius 3 is 2.38 bits per heavy atom. The second-order valence-electron chi connectivity index (χ2n) is 6.87. The van der Waals surface area contributed by atoms with Gasteiger partial charge in [-0.1, -0.05) is 13.8 Å². The zero-order valence-corrected chi connectivity index (χ0v) is 17.4. The van der Waals surface area contributed by atoms with Gasteiger partial charge >= 0.3 is 6.09 Å². The average molecular weight is 437 g/mol. The molecule has 0 radical (unpaired) electrons. The van der Waals surface area contributed by atoms with Crippen molar-refractivity contribution in [2.24, 2.45) is 5.92 Å². The monoisotopic (exact) mass is 436 g/mol. The zero-order valence-electron chi connectivity index (χ0n) is 15.9. The molecule has 0 spiro atoms. The number of pyridine rings is 1. The Kier molecular flexibility index (Phi) is 8.40. The van der Waals surface area contributed by atoms with Gasteiger partial charge in [0.05, 0.1) is 17.9 Å². The summed E-state index contributed by atoms with van der Waals surface area (Å²) in [5.74, 6) is -2.11. The van der Waals surface area contributed by atoms with Crippen LogP contribution in [0, 0.1) is 17.6 Å². The fourth-order valence-electron chi connectivity index (χ4n) is 2.69. The van der Waals surface area contributed by atoms with Crippen LogP contribution in [0.3, 0.4) is 0 Å². The smallest absolute Gasteiger partial charge is 0.410 e. The molecule has 0 saturated carbocycles. The van der Waals surface area contributed by atoms with Gasteiger partial charge in [0.2, 0.25) is 0 Å². The number of carbonyl (C=O) groups excluding carboxylic acids is 1. The van der Waals surface area contributed by atoms with E-state index >= 15 is 0 Å². The zero-order chi connectivity index (χ0) is 20.1. The lowest BCUT2D eigenvalue weighted by atomic mass is 9.87. The lowest BCUT2D eigenvalue weighted by Crippen LogP contribution is -2.42. The molecule has 5 nitrogen and oxygen atoms in total. The molecule has 1 fully saturated rings. The normalized spacial score (nSPS) is 16.6. The van der Waals surface area contributed by atoms with Gasteiger partial charge in [0.1, 0.15) is 16.0 Å². The van der Waals surface area contributed by atoms with Crippen molar-refractivity contribution in [2.45, 2.75) is 59.2 Å². The van der Waals surface area contributed by atoms with Crippen LogP contribution in [-0.2, 0) is 4.74 Å². The van der Waals surface area contributed by atoms with Gasteiger partial charge < -0.3 is 14.7 Å². The molecule has 148 valence electrons. The molecule has 1 amide bonds. The van der Waals surface area contributed by atoms with Gasteiger partial charge in [0, 0.05) is 13.1 Å². The summed E-state index contributed by atoms with van der Waals surface area (Å²) in [6.07, 6.45) is 0.0320. The van der Waals surface area contributed by atoms with E-state index in [9.17, 15) is 18.7 Å². The second-order valence-corrected chi connectivity index (χ2v) is 7.63. The topological polar surface area (TPSA) is 62.7 Å². The van der Waals surface area contributed by atoms with Crippen molar-refractivity contribution in [3.05, 3.63) is 28.0 Å². The lowest BCUT2D eigenvalue weighted by Gasteiger charge is -2.35. The largest absolute Gasteiger partial charge is 0.444 e. The van der Waals surface area contributed by atoms with E-state index in [-0.39, 0.29) is 16.1 Å². The highest BCUT2D eigenvalue weighted by atomic mass is 79.9. The number of aliphatic hydroxyl groups excluding tert-OH is 1. The predicted octanol–water partition coefficient (Wildman–Crippen LogP) is 4.83. The van der Waals surface area contributed by atoms with Crippen LogP contribution in [0.2, 0.25) is 0 Å². The highest BCUT2D eigenvalue weighted by molar-refractivity contribution is 9.10. The van der Waals surface area contributed by atoms with Gasteiger partial charge in [0.25, 0.3) is 0 Å². The standard InChI is InChI=1S/C16H21BrF2N2O3.C2H6/c1-16(2,3)24-15(23)21-6-4-9(5-7-21)13(22)11-10(18)8-20-14(17)12(11)19;1-2/h8-9,13,22H,4-7H2,1-3H3;1-2H3. The number of hydrogen-bond donors (Lipinski definition) is 1. The van der Waals surface area contributed by atoms with Gasteiger partial charge in [-0.05, 0) is 55.5 Å². The maximum atomic E-state index is 14.1. The SMILES string of the molecule is CC.CC(C)(C)OC(=O)N1CCC(C(O)c2c(F)cnc(Br)c2F)CC1. The number of rotatable bonds is 2. The highest BCUT2D eigenvalue weighted by Crippen LogP contribution is 2.35. The number of nitrogens with zero attached hydrogens (tertiary/aromatic N) is 2. The van der Waals surface area contributed by atoms with Crippen LogP contribution in [-0.4, -0.2) is 39.8 Å². The van der Waals surface area contributed by atoms with Crippen molar-refractivity contribution < 1.29 is 23.4 Å². The fourth-order valence-corrected chi connectivity index (χ4v) is 3.00. The molecule has 1 aromatic rings. The number of aliphatic hydroxyl groups is 1. The molecule has 0 aromatic carbocycles. The van der Waals surface area contributed by atoms with Gasteiger partial charge in [-0.3, -0.25) is 0 Å². The first-order valence-electron chi connectivity index (χ1n) is 8.75.